The largest absolute Gasteiger partial charge is 0.496 e. The average molecular weight is 426 g/mol. The van der Waals surface area contributed by atoms with Gasteiger partial charge in [-0.1, -0.05) is 28.1 Å². The Morgan fingerprint density at radius 1 is 1.09 bits per heavy atom. The fourth-order valence-corrected chi connectivity index (χ4v) is 2.57. The highest BCUT2D eigenvalue weighted by Gasteiger charge is 2.08. The fourth-order valence-electron chi connectivity index (χ4n) is 1.76. The number of ether oxygens (including phenoxy) is 1. The van der Waals surface area contributed by atoms with E-state index in [0.717, 1.165) is 20.2 Å². The average Bonchev–Trinajstić information content (AvgIpc) is 2.52. The molecule has 6 heteroatoms. The topological polar surface area (TPSA) is 50.7 Å². The normalized spacial score (nSPS) is 11.2. The molecule has 0 saturated heterocycles. The maximum absolute atomic E-state index is 12.1. The van der Waals surface area contributed by atoms with Crippen LogP contribution in [0, 0.1) is 0 Å². The van der Waals surface area contributed by atoms with E-state index in [2.05, 4.69) is 42.4 Å². The minimum atomic E-state index is -0.278. The summed E-state index contributed by atoms with van der Waals surface area (Å²) in [7, 11) is 1.58. The second kappa shape index (κ2) is 7.56. The lowest BCUT2D eigenvalue weighted by atomic mass is 10.1. The summed E-state index contributed by atoms with van der Waals surface area (Å²) in [6, 6.07) is 12.8. The van der Waals surface area contributed by atoms with Gasteiger partial charge in [-0.15, -0.1) is 0 Å². The quantitative estimate of drug-likeness (QED) is 0.583. The number of benzene rings is 2. The Labute approximate surface area is 145 Å². The number of hydrogen-bond donors (Lipinski definition) is 1. The predicted molar refractivity (Wildman–Crippen MR) is 94.5 cm³/mol. The van der Waals surface area contributed by atoms with Gasteiger partial charge in [0.1, 0.15) is 5.75 Å². The van der Waals surface area contributed by atoms with E-state index in [-0.39, 0.29) is 5.91 Å². The van der Waals surface area contributed by atoms with Gasteiger partial charge in [0.05, 0.1) is 17.3 Å². The minimum absolute atomic E-state index is 0.278. The molecule has 0 unspecified atom stereocenters. The fraction of sp³-hybridized carbons (Fsp3) is 0.125. The molecule has 0 aliphatic rings. The van der Waals surface area contributed by atoms with Crippen LogP contribution in [-0.4, -0.2) is 18.7 Å². The van der Waals surface area contributed by atoms with Crippen molar-refractivity contribution in [1.82, 2.24) is 5.43 Å². The Bertz CT molecular complexity index is 713. The molecule has 2 aromatic rings. The maximum atomic E-state index is 12.1. The number of nitrogens with zero attached hydrogens (tertiary/aromatic N) is 1. The third kappa shape index (κ3) is 4.18. The lowest BCUT2D eigenvalue weighted by Crippen LogP contribution is -2.19. The molecule has 1 amide bonds. The SMILES string of the molecule is COc1ccc(C(=O)NN=C(C)c2ccc(Br)cc2)cc1Br. The van der Waals surface area contributed by atoms with Crippen molar-refractivity contribution in [2.45, 2.75) is 6.92 Å². The molecule has 4 nitrogen and oxygen atoms in total. The Morgan fingerprint density at radius 3 is 2.32 bits per heavy atom. The van der Waals surface area contributed by atoms with E-state index in [1.165, 1.54) is 0 Å². The van der Waals surface area contributed by atoms with Crippen LogP contribution in [0.3, 0.4) is 0 Å². The van der Waals surface area contributed by atoms with Crippen LogP contribution in [0.5, 0.6) is 5.75 Å². The summed E-state index contributed by atoms with van der Waals surface area (Å²) in [5.74, 6) is 0.394. The first-order chi connectivity index (χ1) is 10.5. The number of rotatable bonds is 4. The zero-order valence-electron chi connectivity index (χ0n) is 12.1. The number of halogens is 2. The zero-order valence-corrected chi connectivity index (χ0v) is 15.2. The third-order valence-corrected chi connectivity index (χ3v) is 4.15. The van der Waals surface area contributed by atoms with E-state index < -0.39 is 0 Å². The molecule has 0 heterocycles. The van der Waals surface area contributed by atoms with E-state index in [1.54, 1.807) is 25.3 Å². The molecule has 0 spiro atoms. The van der Waals surface area contributed by atoms with Crippen molar-refractivity contribution in [2.24, 2.45) is 5.10 Å². The van der Waals surface area contributed by atoms with Gasteiger partial charge in [-0.3, -0.25) is 4.79 Å². The molecule has 22 heavy (non-hydrogen) atoms. The Balaban J connectivity index is 2.10. The minimum Gasteiger partial charge on any atom is -0.496 e. The molecular formula is C16H14Br2N2O2. The van der Waals surface area contributed by atoms with Crippen LogP contribution in [0.25, 0.3) is 0 Å². The lowest BCUT2D eigenvalue weighted by Gasteiger charge is -2.06. The van der Waals surface area contributed by atoms with Crippen LogP contribution in [0.1, 0.15) is 22.8 Å². The molecule has 0 fully saturated rings. The standard InChI is InChI=1S/C16H14Br2N2O2/c1-10(11-3-6-13(17)7-4-11)19-20-16(21)12-5-8-15(22-2)14(18)9-12/h3-9H,1-2H3,(H,20,21). The Kier molecular flexibility index (Phi) is 5.74. The van der Waals surface area contributed by atoms with Gasteiger partial charge in [0.15, 0.2) is 0 Å². The van der Waals surface area contributed by atoms with Gasteiger partial charge in [-0.25, -0.2) is 5.43 Å². The zero-order chi connectivity index (χ0) is 16.1. The summed E-state index contributed by atoms with van der Waals surface area (Å²) >= 11 is 6.74. The molecule has 114 valence electrons. The molecule has 2 rings (SSSR count). The molecule has 0 aliphatic carbocycles. The molecule has 0 aliphatic heterocycles. The maximum Gasteiger partial charge on any atom is 0.271 e. The molecule has 2 aromatic carbocycles. The number of amides is 1. The second-order valence-corrected chi connectivity index (χ2v) is 6.26. The van der Waals surface area contributed by atoms with Crippen molar-refractivity contribution in [1.29, 1.82) is 0 Å². The Hall–Kier alpha value is -1.66. The van der Waals surface area contributed by atoms with E-state index >= 15 is 0 Å². The highest BCUT2D eigenvalue weighted by Crippen LogP contribution is 2.25. The molecule has 0 radical (unpaired) electrons. The van der Waals surface area contributed by atoms with Gasteiger partial charge in [-0.2, -0.15) is 5.10 Å². The Morgan fingerprint density at radius 2 is 1.73 bits per heavy atom. The molecule has 0 bridgehead atoms. The summed E-state index contributed by atoms with van der Waals surface area (Å²) in [4.78, 5) is 12.1. The van der Waals surface area contributed by atoms with Crippen molar-refractivity contribution < 1.29 is 9.53 Å². The summed E-state index contributed by atoms with van der Waals surface area (Å²) in [5.41, 5.74) is 4.73. The van der Waals surface area contributed by atoms with Crippen molar-refractivity contribution >= 4 is 43.5 Å². The first-order valence-electron chi connectivity index (χ1n) is 6.45. The highest BCUT2D eigenvalue weighted by molar-refractivity contribution is 9.10. The molecule has 0 saturated carbocycles. The molecule has 0 atom stereocenters. The number of carbonyl (C=O) groups excluding carboxylic acids is 1. The highest BCUT2D eigenvalue weighted by atomic mass is 79.9. The summed E-state index contributed by atoms with van der Waals surface area (Å²) in [6.45, 7) is 1.84. The van der Waals surface area contributed by atoms with Crippen LogP contribution in [0.4, 0.5) is 0 Å². The first-order valence-corrected chi connectivity index (χ1v) is 8.04. The summed E-state index contributed by atoms with van der Waals surface area (Å²) in [5, 5.41) is 4.13. The second-order valence-electron chi connectivity index (χ2n) is 4.49. The molecule has 0 aromatic heterocycles. The van der Waals surface area contributed by atoms with Gasteiger partial charge in [0.25, 0.3) is 5.91 Å². The van der Waals surface area contributed by atoms with Crippen LogP contribution in [-0.2, 0) is 0 Å². The number of hydrazone groups is 1. The summed E-state index contributed by atoms with van der Waals surface area (Å²) in [6.07, 6.45) is 0. The van der Waals surface area contributed by atoms with Crippen molar-refractivity contribution in [2.75, 3.05) is 7.11 Å². The van der Waals surface area contributed by atoms with Crippen LogP contribution in [0.2, 0.25) is 0 Å². The number of hydrogen-bond acceptors (Lipinski definition) is 3. The monoisotopic (exact) mass is 424 g/mol. The first kappa shape index (κ1) is 16.7. The third-order valence-electron chi connectivity index (χ3n) is 3.00. The van der Waals surface area contributed by atoms with Gasteiger partial charge >= 0.3 is 0 Å². The van der Waals surface area contributed by atoms with Gasteiger partial charge in [-0.05, 0) is 58.7 Å². The number of methoxy groups -OCH3 is 1. The van der Waals surface area contributed by atoms with Crippen LogP contribution in [0.15, 0.2) is 56.5 Å². The van der Waals surface area contributed by atoms with Crippen LogP contribution < -0.4 is 10.2 Å². The van der Waals surface area contributed by atoms with E-state index in [9.17, 15) is 4.79 Å². The summed E-state index contributed by atoms with van der Waals surface area (Å²) < 4.78 is 6.85. The van der Waals surface area contributed by atoms with E-state index in [4.69, 9.17) is 4.74 Å². The van der Waals surface area contributed by atoms with Crippen molar-refractivity contribution in [3.05, 3.63) is 62.5 Å². The smallest absolute Gasteiger partial charge is 0.271 e. The van der Waals surface area contributed by atoms with Gasteiger partial charge in [0.2, 0.25) is 0 Å². The van der Waals surface area contributed by atoms with Gasteiger partial charge < -0.3 is 4.74 Å². The van der Waals surface area contributed by atoms with Gasteiger partial charge in [0, 0.05) is 10.0 Å². The number of carbonyl (C=O) groups is 1. The predicted octanol–water partition coefficient (Wildman–Crippen LogP) is 4.37. The molecule has 1 N–H and O–H groups in total. The number of nitrogens with one attached hydrogen (secondary N) is 1. The van der Waals surface area contributed by atoms with E-state index in [0.29, 0.717) is 11.3 Å². The van der Waals surface area contributed by atoms with E-state index in [1.807, 2.05) is 31.2 Å². The van der Waals surface area contributed by atoms with Crippen molar-refractivity contribution in [3.63, 3.8) is 0 Å². The van der Waals surface area contributed by atoms with Crippen molar-refractivity contribution in [3.8, 4) is 5.75 Å². The molecular weight excluding hydrogens is 412 g/mol. The van der Waals surface area contributed by atoms with Crippen LogP contribution >= 0.6 is 31.9 Å². The lowest BCUT2D eigenvalue weighted by molar-refractivity contribution is 0.0954.